The molecule has 0 amide bonds. The van der Waals surface area contributed by atoms with Crippen LogP contribution in [0.25, 0.3) is 0 Å². The first-order valence-electron chi connectivity index (χ1n) is 2.37. The van der Waals surface area contributed by atoms with Gasteiger partial charge in [-0.2, -0.15) is 0 Å². The quantitative estimate of drug-likeness (QED) is 0.528. The lowest BCUT2D eigenvalue weighted by molar-refractivity contribution is 0.564. The van der Waals surface area contributed by atoms with Crippen LogP contribution in [0.5, 0.6) is 0 Å². The molecular weight excluding hydrogens is 102 g/mol. The van der Waals surface area contributed by atoms with Crippen molar-refractivity contribution < 1.29 is 4.42 Å². The van der Waals surface area contributed by atoms with Crippen LogP contribution in [0.2, 0.25) is 0 Å². The summed E-state index contributed by atoms with van der Waals surface area (Å²) in [6.07, 6.45) is 3.29. The Morgan fingerprint density at radius 1 is 1.75 bits per heavy atom. The van der Waals surface area contributed by atoms with Crippen molar-refractivity contribution in [2.24, 2.45) is 4.99 Å². The van der Waals surface area contributed by atoms with Gasteiger partial charge >= 0.3 is 0 Å². The van der Waals surface area contributed by atoms with Crippen molar-refractivity contribution in [1.29, 1.82) is 0 Å². The summed E-state index contributed by atoms with van der Waals surface area (Å²) in [7, 11) is 0. The summed E-state index contributed by atoms with van der Waals surface area (Å²) in [5, 5.41) is 0. The summed E-state index contributed by atoms with van der Waals surface area (Å²) in [5.74, 6) is 0. The van der Waals surface area contributed by atoms with Gasteiger partial charge in [0.1, 0.15) is 0 Å². The van der Waals surface area contributed by atoms with E-state index >= 15 is 0 Å². The van der Waals surface area contributed by atoms with E-state index in [2.05, 4.69) is 11.7 Å². The van der Waals surface area contributed by atoms with E-state index in [0.29, 0.717) is 6.54 Å². The van der Waals surface area contributed by atoms with Crippen LogP contribution >= 0.6 is 0 Å². The Morgan fingerprint density at radius 2 is 2.62 bits per heavy atom. The molecule has 2 nitrogen and oxygen atoms in total. The molecule has 0 unspecified atom stereocenters. The Bertz CT molecular complexity index is 155. The summed E-state index contributed by atoms with van der Waals surface area (Å²) in [6, 6.07) is 1.87. The van der Waals surface area contributed by atoms with Crippen molar-refractivity contribution >= 4 is 6.72 Å². The second-order valence-corrected chi connectivity index (χ2v) is 1.51. The monoisotopic (exact) mass is 109 g/mol. The molecule has 8 heavy (non-hydrogen) atoms. The fourth-order valence-corrected chi connectivity index (χ4v) is 0.512. The highest BCUT2D eigenvalue weighted by Gasteiger charge is 1.86. The van der Waals surface area contributed by atoms with Crippen molar-refractivity contribution in [3.63, 3.8) is 0 Å². The average Bonchev–Trinajstić information content (AvgIpc) is 2.19. The minimum atomic E-state index is 0.649. The summed E-state index contributed by atoms with van der Waals surface area (Å²) < 4.78 is 4.78. The van der Waals surface area contributed by atoms with E-state index in [-0.39, 0.29) is 0 Å². The molecule has 0 aromatic carbocycles. The molecule has 2 heteroatoms. The van der Waals surface area contributed by atoms with Gasteiger partial charge in [0, 0.05) is 5.56 Å². The lowest BCUT2D eigenvalue weighted by Crippen LogP contribution is -1.70. The number of furan rings is 1. The van der Waals surface area contributed by atoms with E-state index in [0.717, 1.165) is 5.56 Å². The number of nitrogens with zero attached hydrogens (tertiary/aromatic N) is 1. The standard InChI is InChI=1S/C6H7NO/c1-7-4-6-2-3-8-5-6/h2-3,5H,1,4H2. The number of rotatable bonds is 2. The summed E-state index contributed by atoms with van der Waals surface area (Å²) in [6.45, 7) is 3.99. The fraction of sp³-hybridized carbons (Fsp3) is 0.167. The van der Waals surface area contributed by atoms with Gasteiger partial charge in [0.25, 0.3) is 0 Å². The maximum atomic E-state index is 4.78. The van der Waals surface area contributed by atoms with Gasteiger partial charge in [0.05, 0.1) is 19.1 Å². The molecule has 1 heterocycles. The second-order valence-electron chi connectivity index (χ2n) is 1.51. The number of hydrogen-bond acceptors (Lipinski definition) is 2. The largest absolute Gasteiger partial charge is 0.472 e. The highest BCUT2D eigenvalue weighted by molar-refractivity contribution is 5.24. The van der Waals surface area contributed by atoms with Crippen molar-refractivity contribution in [1.82, 2.24) is 0 Å². The van der Waals surface area contributed by atoms with Crippen LogP contribution in [0.15, 0.2) is 28.0 Å². The summed E-state index contributed by atoms with van der Waals surface area (Å²) in [4.78, 5) is 3.67. The lowest BCUT2D eigenvalue weighted by atomic mass is 10.3. The molecule has 0 atom stereocenters. The molecular formula is C6H7NO. The first-order valence-corrected chi connectivity index (χ1v) is 2.37. The van der Waals surface area contributed by atoms with Gasteiger partial charge in [-0.1, -0.05) is 0 Å². The molecule has 0 bridgehead atoms. The van der Waals surface area contributed by atoms with Gasteiger partial charge < -0.3 is 4.42 Å². The minimum absolute atomic E-state index is 0.649. The van der Waals surface area contributed by atoms with Crippen LogP contribution in [0.4, 0.5) is 0 Å². The Hall–Kier alpha value is -1.05. The molecule has 0 N–H and O–H groups in total. The molecule has 0 radical (unpaired) electrons. The van der Waals surface area contributed by atoms with E-state index in [1.807, 2.05) is 6.07 Å². The zero-order valence-electron chi connectivity index (χ0n) is 4.50. The number of hydrogen-bond donors (Lipinski definition) is 0. The van der Waals surface area contributed by atoms with Gasteiger partial charge in [0.2, 0.25) is 0 Å². The highest BCUT2D eigenvalue weighted by atomic mass is 16.3. The van der Waals surface area contributed by atoms with Gasteiger partial charge in [0.15, 0.2) is 0 Å². The first kappa shape index (κ1) is 5.09. The predicted octanol–water partition coefficient (Wildman–Crippen LogP) is 1.48. The van der Waals surface area contributed by atoms with Crippen molar-refractivity contribution in [2.45, 2.75) is 6.54 Å². The molecule has 0 saturated heterocycles. The molecule has 1 aromatic heterocycles. The summed E-state index contributed by atoms with van der Waals surface area (Å²) >= 11 is 0. The molecule has 42 valence electrons. The molecule has 1 rings (SSSR count). The van der Waals surface area contributed by atoms with Gasteiger partial charge in [-0.25, -0.2) is 0 Å². The Kier molecular flexibility index (Phi) is 1.47. The molecule has 0 spiro atoms. The minimum Gasteiger partial charge on any atom is -0.472 e. The van der Waals surface area contributed by atoms with Crippen LogP contribution in [-0.4, -0.2) is 6.72 Å². The molecule has 0 aliphatic rings. The third-order valence-electron chi connectivity index (χ3n) is 0.874. The summed E-state index contributed by atoms with van der Waals surface area (Å²) in [5.41, 5.74) is 1.07. The third-order valence-corrected chi connectivity index (χ3v) is 0.874. The molecule has 0 aliphatic carbocycles. The van der Waals surface area contributed by atoms with Crippen molar-refractivity contribution in [3.8, 4) is 0 Å². The smallest absolute Gasteiger partial charge is 0.0953 e. The van der Waals surface area contributed by atoms with E-state index in [4.69, 9.17) is 4.42 Å². The normalized spacial score (nSPS) is 9.00. The third kappa shape index (κ3) is 0.964. The van der Waals surface area contributed by atoms with Crippen LogP contribution < -0.4 is 0 Å². The maximum Gasteiger partial charge on any atom is 0.0953 e. The van der Waals surface area contributed by atoms with E-state index in [1.165, 1.54) is 0 Å². The molecule has 0 fully saturated rings. The van der Waals surface area contributed by atoms with Crippen molar-refractivity contribution in [3.05, 3.63) is 24.2 Å². The fourth-order valence-electron chi connectivity index (χ4n) is 0.512. The zero-order valence-corrected chi connectivity index (χ0v) is 4.50. The van der Waals surface area contributed by atoms with Crippen LogP contribution in [0.1, 0.15) is 5.56 Å². The highest BCUT2D eigenvalue weighted by Crippen LogP contribution is 1.99. The van der Waals surface area contributed by atoms with Crippen LogP contribution in [0.3, 0.4) is 0 Å². The zero-order chi connectivity index (χ0) is 5.82. The maximum absolute atomic E-state index is 4.78. The molecule has 1 aromatic rings. The first-order chi connectivity index (χ1) is 3.93. The Labute approximate surface area is 47.9 Å². The van der Waals surface area contributed by atoms with Crippen molar-refractivity contribution in [2.75, 3.05) is 0 Å². The predicted molar refractivity (Wildman–Crippen MR) is 32.0 cm³/mol. The second kappa shape index (κ2) is 2.31. The van der Waals surface area contributed by atoms with Gasteiger partial charge in [-0.05, 0) is 12.8 Å². The Morgan fingerprint density at radius 3 is 3.12 bits per heavy atom. The molecule has 0 aliphatic heterocycles. The van der Waals surface area contributed by atoms with E-state index in [9.17, 15) is 0 Å². The Balaban J connectivity index is 2.62. The SMILES string of the molecule is C=NCc1ccoc1. The topological polar surface area (TPSA) is 25.5 Å². The van der Waals surface area contributed by atoms with Gasteiger partial charge in [-0.15, -0.1) is 0 Å². The number of aliphatic imine (C=N–C) groups is 1. The molecule has 0 saturated carbocycles. The average molecular weight is 109 g/mol. The van der Waals surface area contributed by atoms with E-state index in [1.54, 1.807) is 12.5 Å². The van der Waals surface area contributed by atoms with Crippen LogP contribution in [0, 0.1) is 0 Å². The van der Waals surface area contributed by atoms with Gasteiger partial charge in [-0.3, -0.25) is 4.99 Å². The van der Waals surface area contributed by atoms with E-state index < -0.39 is 0 Å². The van der Waals surface area contributed by atoms with Crippen LogP contribution in [-0.2, 0) is 6.54 Å². The lowest BCUT2D eigenvalue weighted by Gasteiger charge is -1.80.